The molecule has 0 radical (unpaired) electrons. The zero-order chi connectivity index (χ0) is 29.8. The number of nitrogen functional groups attached to an aromatic ring is 1. The molecule has 2 aromatic rings. The number of nitrogens with one attached hydrogen (secondary N) is 1. The predicted octanol–water partition coefficient (Wildman–Crippen LogP) is 3.43. The first-order chi connectivity index (χ1) is 20.0. The standard InChI is InChI=1S/C27H34F3N9O3/c1-15-12-37(13-16(2)42-15)25-33-10-17(11-34-25)39-22-20(26(23(39)40)7-3-4-8-26)21(31)35-19(36-22)14-41-24(32)38-9-5-6-18(38)27(28,29)30/h10-11,15-16,18,32H,3-9,12-14H2,1-2H3,(H2,31,35,36)/t15-,16+,18-/m1/s1. The number of ether oxygens (including phenoxy) is 2. The second-order valence-corrected chi connectivity index (χ2v) is 11.5. The van der Waals surface area contributed by atoms with Gasteiger partial charge in [0.15, 0.2) is 12.4 Å². The van der Waals surface area contributed by atoms with Gasteiger partial charge in [-0.3, -0.25) is 15.1 Å². The SMILES string of the molecule is C[C@@H]1CN(c2ncc(N3C(=O)C4(CCCC4)c4c(N)nc(COC(=N)N5CCC[C@@H]5C(F)(F)F)nc43)cn2)C[C@H](C)O1. The molecule has 1 aliphatic carbocycles. The third kappa shape index (κ3) is 4.86. The van der Waals surface area contributed by atoms with Crippen molar-refractivity contribution in [1.82, 2.24) is 24.8 Å². The lowest BCUT2D eigenvalue weighted by atomic mass is 9.80. The Morgan fingerprint density at radius 1 is 1.14 bits per heavy atom. The highest BCUT2D eigenvalue weighted by Crippen LogP contribution is 2.54. The van der Waals surface area contributed by atoms with E-state index in [1.54, 1.807) is 12.4 Å². The van der Waals surface area contributed by atoms with Gasteiger partial charge in [-0.2, -0.15) is 13.2 Å². The van der Waals surface area contributed by atoms with Gasteiger partial charge in [0, 0.05) is 19.6 Å². The molecular formula is C27H34F3N9O3. The summed E-state index contributed by atoms with van der Waals surface area (Å²) < 4.78 is 51.4. The molecule has 2 saturated heterocycles. The lowest BCUT2D eigenvalue weighted by molar-refractivity contribution is -0.169. The molecule has 42 heavy (non-hydrogen) atoms. The smallest absolute Gasteiger partial charge is 0.408 e. The Hall–Kier alpha value is -3.75. The Bertz CT molecular complexity index is 1360. The van der Waals surface area contributed by atoms with Crippen molar-refractivity contribution in [2.75, 3.05) is 35.2 Å². The maximum atomic E-state index is 14.0. The Labute approximate surface area is 240 Å². The predicted molar refractivity (Wildman–Crippen MR) is 146 cm³/mol. The number of amidine groups is 1. The van der Waals surface area contributed by atoms with Crippen molar-refractivity contribution in [3.63, 3.8) is 0 Å². The summed E-state index contributed by atoms with van der Waals surface area (Å²) in [6.45, 7) is 4.95. The summed E-state index contributed by atoms with van der Waals surface area (Å²) in [4.78, 5) is 36.5. The van der Waals surface area contributed by atoms with E-state index in [9.17, 15) is 18.0 Å². The Balaban J connectivity index is 1.28. The van der Waals surface area contributed by atoms with Gasteiger partial charge in [0.2, 0.25) is 11.9 Å². The lowest BCUT2D eigenvalue weighted by Crippen LogP contribution is -2.46. The van der Waals surface area contributed by atoms with E-state index in [-0.39, 0.29) is 49.3 Å². The molecule has 2 aromatic heterocycles. The van der Waals surface area contributed by atoms with Crippen molar-refractivity contribution in [2.45, 2.75) is 88.8 Å². The van der Waals surface area contributed by atoms with Crippen LogP contribution in [0.2, 0.25) is 0 Å². The number of rotatable bonds is 4. The minimum Gasteiger partial charge on any atom is -0.457 e. The van der Waals surface area contributed by atoms with E-state index in [0.717, 1.165) is 17.7 Å². The highest BCUT2D eigenvalue weighted by molar-refractivity contribution is 6.13. The molecule has 3 N–H and O–H groups in total. The van der Waals surface area contributed by atoms with Crippen molar-refractivity contribution in [1.29, 1.82) is 5.41 Å². The first-order valence-corrected chi connectivity index (χ1v) is 14.3. The highest BCUT2D eigenvalue weighted by atomic mass is 19.4. The minimum atomic E-state index is -4.47. The van der Waals surface area contributed by atoms with Crippen LogP contribution in [0.5, 0.6) is 0 Å². The zero-order valence-corrected chi connectivity index (χ0v) is 23.5. The monoisotopic (exact) mass is 589 g/mol. The molecule has 3 fully saturated rings. The van der Waals surface area contributed by atoms with Gasteiger partial charge in [0.05, 0.1) is 41.3 Å². The molecule has 5 heterocycles. The van der Waals surface area contributed by atoms with Gasteiger partial charge in [-0.25, -0.2) is 19.9 Å². The lowest BCUT2D eigenvalue weighted by Gasteiger charge is -2.35. The van der Waals surface area contributed by atoms with Crippen LogP contribution in [-0.2, 0) is 26.3 Å². The number of nitrogens with zero attached hydrogens (tertiary/aromatic N) is 7. The summed E-state index contributed by atoms with van der Waals surface area (Å²) in [5.74, 6) is 0.805. The molecular weight excluding hydrogens is 555 g/mol. The number of aromatic nitrogens is 4. The van der Waals surface area contributed by atoms with Crippen molar-refractivity contribution in [3.8, 4) is 0 Å². The molecule has 4 aliphatic rings. The molecule has 0 unspecified atom stereocenters. The normalized spacial score (nSPS) is 25.4. The third-order valence-corrected chi connectivity index (χ3v) is 8.54. The molecule has 15 heteroatoms. The third-order valence-electron chi connectivity index (χ3n) is 8.54. The van der Waals surface area contributed by atoms with E-state index >= 15 is 0 Å². The van der Waals surface area contributed by atoms with Crippen LogP contribution in [0.1, 0.15) is 63.8 Å². The van der Waals surface area contributed by atoms with E-state index in [0.29, 0.717) is 55.4 Å². The van der Waals surface area contributed by atoms with Crippen LogP contribution in [0, 0.1) is 5.41 Å². The summed E-state index contributed by atoms with van der Waals surface area (Å²) >= 11 is 0. The first-order valence-electron chi connectivity index (χ1n) is 14.3. The van der Waals surface area contributed by atoms with Gasteiger partial charge >= 0.3 is 6.18 Å². The number of halogens is 3. The summed E-state index contributed by atoms with van der Waals surface area (Å²) in [5.41, 5.74) is 6.53. The van der Waals surface area contributed by atoms with Gasteiger partial charge in [0.1, 0.15) is 17.7 Å². The first kappa shape index (κ1) is 28.4. The summed E-state index contributed by atoms with van der Waals surface area (Å²) in [6, 6.07) is -2.37. The Kier molecular flexibility index (Phi) is 7.10. The molecule has 1 spiro atoms. The van der Waals surface area contributed by atoms with Crippen LogP contribution in [0.4, 0.5) is 36.4 Å². The summed E-state index contributed by atoms with van der Waals surface area (Å²) in [6.07, 6.45) is 1.85. The van der Waals surface area contributed by atoms with Gasteiger partial charge in [-0.1, -0.05) is 12.8 Å². The van der Waals surface area contributed by atoms with Gasteiger partial charge in [-0.15, -0.1) is 0 Å². The number of anilines is 4. The van der Waals surface area contributed by atoms with E-state index in [1.165, 1.54) is 4.90 Å². The van der Waals surface area contributed by atoms with Gasteiger partial charge in [-0.05, 0) is 39.5 Å². The molecule has 3 aliphatic heterocycles. The van der Waals surface area contributed by atoms with Gasteiger partial charge in [0.25, 0.3) is 6.02 Å². The van der Waals surface area contributed by atoms with Crippen molar-refractivity contribution < 1.29 is 27.4 Å². The topological polar surface area (TPSA) is 147 Å². The largest absolute Gasteiger partial charge is 0.457 e. The number of carbonyl (C=O) groups excluding carboxylic acids is 1. The molecule has 226 valence electrons. The number of hydrogen-bond acceptors (Lipinski definition) is 10. The van der Waals surface area contributed by atoms with Gasteiger partial charge < -0.3 is 25.0 Å². The van der Waals surface area contributed by atoms with Crippen LogP contribution in [0.25, 0.3) is 0 Å². The highest BCUT2D eigenvalue weighted by Gasteiger charge is 2.55. The van der Waals surface area contributed by atoms with Crippen molar-refractivity contribution >= 4 is 35.2 Å². The Morgan fingerprint density at radius 2 is 1.81 bits per heavy atom. The minimum absolute atomic E-state index is 0.0258. The second-order valence-electron chi connectivity index (χ2n) is 11.5. The van der Waals surface area contributed by atoms with Crippen LogP contribution in [0.15, 0.2) is 12.4 Å². The zero-order valence-electron chi connectivity index (χ0n) is 23.5. The Morgan fingerprint density at radius 3 is 2.45 bits per heavy atom. The summed E-state index contributed by atoms with van der Waals surface area (Å²) in [7, 11) is 0. The number of morpholine rings is 1. The fourth-order valence-electron chi connectivity index (χ4n) is 6.80. The van der Waals surface area contributed by atoms with Crippen LogP contribution < -0.4 is 15.5 Å². The number of carbonyl (C=O) groups is 1. The molecule has 12 nitrogen and oxygen atoms in total. The number of hydrogen-bond donors (Lipinski definition) is 2. The second kappa shape index (κ2) is 10.5. The van der Waals surface area contributed by atoms with Crippen molar-refractivity contribution in [2.24, 2.45) is 0 Å². The molecule has 0 aromatic carbocycles. The maximum absolute atomic E-state index is 14.0. The van der Waals surface area contributed by atoms with E-state index < -0.39 is 23.7 Å². The van der Waals surface area contributed by atoms with Crippen LogP contribution >= 0.6 is 0 Å². The van der Waals surface area contributed by atoms with Crippen LogP contribution in [0.3, 0.4) is 0 Å². The quantitative estimate of drug-likeness (QED) is 0.402. The average molecular weight is 590 g/mol. The maximum Gasteiger partial charge on any atom is 0.408 e. The number of likely N-dealkylation sites (tertiary alicyclic amines) is 1. The van der Waals surface area contributed by atoms with Crippen LogP contribution in [-0.4, -0.2) is 80.8 Å². The average Bonchev–Trinajstić information content (AvgIpc) is 3.67. The number of amides is 1. The molecule has 1 saturated carbocycles. The fourth-order valence-corrected chi connectivity index (χ4v) is 6.80. The number of nitrogens with two attached hydrogens (primary N) is 1. The number of fused-ring (bicyclic) bond motifs is 2. The summed E-state index contributed by atoms with van der Waals surface area (Å²) in [5, 5.41) is 8.14. The molecule has 0 bridgehead atoms. The fraction of sp³-hybridized carbons (Fsp3) is 0.630. The van der Waals surface area contributed by atoms with Crippen molar-refractivity contribution in [3.05, 3.63) is 23.8 Å². The van der Waals surface area contributed by atoms with E-state index in [2.05, 4.69) is 19.9 Å². The molecule has 6 rings (SSSR count). The number of alkyl halides is 3. The molecule has 3 atom stereocenters. The molecule has 1 amide bonds. The van der Waals surface area contributed by atoms with E-state index in [1.807, 2.05) is 18.7 Å². The van der Waals surface area contributed by atoms with E-state index in [4.69, 9.17) is 20.6 Å².